The monoisotopic (exact) mass is 681 g/mol. The van der Waals surface area contributed by atoms with Gasteiger partial charge in [0.2, 0.25) is 5.90 Å². The molecule has 2 N–H and O–H groups in total. The number of aryl methyl sites for hydroxylation is 1. The lowest BCUT2D eigenvalue weighted by Gasteiger charge is -2.32. The van der Waals surface area contributed by atoms with Gasteiger partial charge in [0.25, 0.3) is 5.91 Å². The Hall–Kier alpha value is -4.63. The van der Waals surface area contributed by atoms with Gasteiger partial charge in [-0.25, -0.2) is 4.99 Å². The van der Waals surface area contributed by atoms with Crippen molar-refractivity contribution in [2.75, 3.05) is 19.8 Å². The van der Waals surface area contributed by atoms with Crippen molar-refractivity contribution in [1.29, 1.82) is 0 Å². The van der Waals surface area contributed by atoms with Crippen molar-refractivity contribution in [2.24, 2.45) is 10.1 Å². The summed E-state index contributed by atoms with van der Waals surface area (Å²) in [5, 5.41) is 16.1. The van der Waals surface area contributed by atoms with Crippen LogP contribution in [0.25, 0.3) is 10.4 Å². The second-order valence-corrected chi connectivity index (χ2v) is 11.8. The van der Waals surface area contributed by atoms with Gasteiger partial charge in [-0.3, -0.25) is 4.79 Å². The molecule has 0 aromatic heterocycles. The van der Waals surface area contributed by atoms with E-state index < -0.39 is 11.6 Å². The van der Waals surface area contributed by atoms with E-state index in [-0.39, 0.29) is 25.5 Å². The van der Waals surface area contributed by atoms with Gasteiger partial charge in [0.05, 0.1) is 13.2 Å². The molecular formula is C36H36BrN5O4. The molecular weight excluding hydrogens is 646 g/mol. The standard InChI is InChI=1S/C36H36BrN5O4/c37-32-16-7-5-13-28(32)24-36(35(44)39-21-8-12-26-10-2-1-3-11-26)33(31-15-6-4-14-29(31)25-40-42-38)46-34(41-36)27-17-19-30(20-18-27)45-23-9-22-43/h1-7,10-11,13-20,33,43H,8-9,12,21-25H2,(H,39,44)/t33-,36-/m1/s1. The molecule has 46 heavy (non-hydrogen) atoms. The smallest absolute Gasteiger partial charge is 0.252 e. The second kappa shape index (κ2) is 16.1. The topological polar surface area (TPSA) is 129 Å². The quantitative estimate of drug-likeness (QED) is 0.0592. The van der Waals surface area contributed by atoms with Crippen LogP contribution >= 0.6 is 15.9 Å². The van der Waals surface area contributed by atoms with Gasteiger partial charge in [-0.1, -0.05) is 93.8 Å². The molecule has 0 spiro atoms. The molecule has 9 nitrogen and oxygen atoms in total. The molecule has 0 unspecified atom stereocenters. The third kappa shape index (κ3) is 7.95. The molecule has 0 radical (unpaired) electrons. The Kier molecular flexibility index (Phi) is 11.5. The molecule has 0 bridgehead atoms. The molecule has 0 saturated heterocycles. The number of azide groups is 1. The molecule has 1 aliphatic rings. The maximum atomic E-state index is 14.5. The summed E-state index contributed by atoms with van der Waals surface area (Å²) in [6.45, 7) is 1.02. The number of carbonyl (C=O) groups excluding carboxylic acids is 1. The molecule has 4 aromatic carbocycles. The lowest BCUT2D eigenvalue weighted by atomic mass is 9.80. The van der Waals surface area contributed by atoms with Crippen LogP contribution in [0.5, 0.6) is 5.75 Å². The van der Waals surface area contributed by atoms with E-state index in [1.807, 2.05) is 91.0 Å². The molecule has 5 rings (SSSR count). The summed E-state index contributed by atoms with van der Waals surface area (Å²) in [6, 6.07) is 32.8. The number of aliphatic hydroxyl groups excluding tert-OH is 1. The average molecular weight is 683 g/mol. The molecule has 236 valence electrons. The van der Waals surface area contributed by atoms with Crippen LogP contribution in [0.4, 0.5) is 0 Å². The van der Waals surface area contributed by atoms with Crippen LogP contribution in [0.3, 0.4) is 0 Å². The average Bonchev–Trinajstić information content (AvgIpc) is 3.48. The van der Waals surface area contributed by atoms with Gasteiger partial charge < -0.3 is 19.9 Å². The van der Waals surface area contributed by atoms with E-state index in [4.69, 9.17) is 25.1 Å². The van der Waals surface area contributed by atoms with Crippen molar-refractivity contribution in [3.05, 3.63) is 146 Å². The molecule has 1 amide bonds. The Balaban J connectivity index is 1.54. The first-order valence-corrected chi connectivity index (χ1v) is 16.1. The van der Waals surface area contributed by atoms with Crippen LogP contribution in [-0.2, 0) is 28.9 Å². The first-order valence-electron chi connectivity index (χ1n) is 15.3. The molecule has 0 aliphatic carbocycles. The minimum atomic E-state index is -1.38. The Morgan fingerprint density at radius 1 is 0.978 bits per heavy atom. The minimum Gasteiger partial charge on any atom is -0.494 e. The number of carbonyl (C=O) groups is 1. The third-order valence-corrected chi connectivity index (χ3v) is 8.63. The fraction of sp³-hybridized carbons (Fsp3) is 0.278. The Bertz CT molecular complexity index is 1690. The molecule has 4 aromatic rings. The van der Waals surface area contributed by atoms with Gasteiger partial charge in [-0.05, 0) is 71.0 Å². The molecule has 10 heteroatoms. The number of benzene rings is 4. The fourth-order valence-electron chi connectivity index (χ4n) is 5.53. The Morgan fingerprint density at radius 3 is 2.43 bits per heavy atom. The number of amides is 1. The summed E-state index contributed by atoms with van der Waals surface area (Å²) in [7, 11) is 0. The number of rotatable bonds is 15. The Morgan fingerprint density at radius 2 is 1.70 bits per heavy atom. The molecule has 0 saturated carbocycles. The van der Waals surface area contributed by atoms with Gasteiger partial charge in [-0.15, -0.1) is 0 Å². The first kappa shape index (κ1) is 32.8. The van der Waals surface area contributed by atoms with Crippen molar-refractivity contribution in [3.63, 3.8) is 0 Å². The van der Waals surface area contributed by atoms with Gasteiger partial charge in [0, 0.05) is 40.9 Å². The summed E-state index contributed by atoms with van der Waals surface area (Å²) >= 11 is 3.68. The maximum Gasteiger partial charge on any atom is 0.252 e. The van der Waals surface area contributed by atoms with Crippen LogP contribution in [0.1, 0.15) is 46.8 Å². The number of hydrogen-bond acceptors (Lipinski definition) is 6. The van der Waals surface area contributed by atoms with E-state index >= 15 is 0 Å². The van der Waals surface area contributed by atoms with E-state index in [0.29, 0.717) is 36.8 Å². The summed E-state index contributed by atoms with van der Waals surface area (Å²) < 4.78 is 13.3. The van der Waals surface area contributed by atoms with E-state index in [0.717, 1.165) is 34.0 Å². The molecule has 2 atom stereocenters. The molecule has 1 heterocycles. The van der Waals surface area contributed by atoms with Crippen molar-refractivity contribution >= 4 is 27.7 Å². The maximum absolute atomic E-state index is 14.5. The molecule has 0 fully saturated rings. The van der Waals surface area contributed by atoms with Crippen LogP contribution < -0.4 is 10.1 Å². The lowest BCUT2D eigenvalue weighted by Crippen LogP contribution is -2.50. The van der Waals surface area contributed by atoms with Crippen molar-refractivity contribution in [1.82, 2.24) is 5.32 Å². The van der Waals surface area contributed by atoms with Gasteiger partial charge >= 0.3 is 0 Å². The predicted octanol–water partition coefficient (Wildman–Crippen LogP) is 7.27. The fourth-order valence-corrected chi connectivity index (χ4v) is 5.95. The predicted molar refractivity (Wildman–Crippen MR) is 182 cm³/mol. The zero-order valence-electron chi connectivity index (χ0n) is 25.4. The van der Waals surface area contributed by atoms with Gasteiger partial charge in [0.15, 0.2) is 11.6 Å². The third-order valence-electron chi connectivity index (χ3n) is 7.86. The Labute approximate surface area is 277 Å². The SMILES string of the molecule is [N-]=[N+]=NCc1ccccc1[C@H]1OC(c2ccc(OCCCO)cc2)=N[C@@]1(Cc1ccccc1Br)C(=O)NCCCc1ccccc1. The van der Waals surface area contributed by atoms with Crippen LogP contribution in [0.2, 0.25) is 0 Å². The van der Waals surface area contributed by atoms with Crippen LogP contribution in [-0.4, -0.2) is 42.2 Å². The van der Waals surface area contributed by atoms with Crippen LogP contribution in [0.15, 0.2) is 118 Å². The number of aliphatic imine (C=N–C) groups is 1. The normalized spacial score (nSPS) is 17.0. The highest BCUT2D eigenvalue weighted by molar-refractivity contribution is 9.10. The summed E-state index contributed by atoms with van der Waals surface area (Å²) in [5.41, 5.74) is 12.0. The van der Waals surface area contributed by atoms with Crippen LogP contribution in [0, 0.1) is 0 Å². The number of nitrogens with zero attached hydrogens (tertiary/aromatic N) is 4. The second-order valence-electron chi connectivity index (χ2n) is 11.0. The van der Waals surface area contributed by atoms with Gasteiger partial charge in [0.1, 0.15) is 5.75 Å². The number of hydrogen-bond donors (Lipinski definition) is 2. The van der Waals surface area contributed by atoms with E-state index in [1.54, 1.807) is 0 Å². The summed E-state index contributed by atoms with van der Waals surface area (Å²) in [5.74, 6) is 0.735. The molecule has 1 aliphatic heterocycles. The highest BCUT2D eigenvalue weighted by atomic mass is 79.9. The summed E-state index contributed by atoms with van der Waals surface area (Å²) in [6.07, 6.45) is 1.56. The number of halogens is 1. The van der Waals surface area contributed by atoms with Crippen molar-refractivity contribution < 1.29 is 19.4 Å². The lowest BCUT2D eigenvalue weighted by molar-refractivity contribution is -0.128. The highest BCUT2D eigenvalue weighted by Crippen LogP contribution is 2.44. The van der Waals surface area contributed by atoms with Crippen molar-refractivity contribution in [3.8, 4) is 5.75 Å². The van der Waals surface area contributed by atoms with E-state index in [1.165, 1.54) is 5.56 Å². The summed E-state index contributed by atoms with van der Waals surface area (Å²) in [4.78, 5) is 22.6. The number of nitrogens with one attached hydrogen (secondary N) is 1. The number of ether oxygens (including phenoxy) is 2. The largest absolute Gasteiger partial charge is 0.494 e. The van der Waals surface area contributed by atoms with Gasteiger partial charge in [-0.2, -0.15) is 0 Å². The number of aliphatic hydroxyl groups is 1. The zero-order chi connectivity index (χ0) is 32.2. The van der Waals surface area contributed by atoms with Crippen molar-refractivity contribution in [2.45, 2.75) is 43.9 Å². The minimum absolute atomic E-state index is 0.0548. The zero-order valence-corrected chi connectivity index (χ0v) is 27.0. The van der Waals surface area contributed by atoms with E-state index in [2.05, 4.69) is 43.4 Å². The first-order chi connectivity index (χ1) is 22.5. The van der Waals surface area contributed by atoms with E-state index in [9.17, 15) is 4.79 Å². The highest BCUT2D eigenvalue weighted by Gasteiger charge is 2.53.